The number of thiophene rings is 6. The number of fused-ring (bicyclic) bond motifs is 5. The maximum atomic E-state index is 16.5. The molecule has 0 bridgehead atoms. The first-order valence-electron chi connectivity index (χ1n) is 21.5. The van der Waals surface area contributed by atoms with Gasteiger partial charge in [0.15, 0.2) is 0 Å². The summed E-state index contributed by atoms with van der Waals surface area (Å²) >= 11 is 12.6. The molecule has 11 rings (SSSR count). The lowest BCUT2D eigenvalue weighted by Crippen LogP contribution is -2.18. The van der Waals surface area contributed by atoms with Crippen LogP contribution in [0.3, 0.4) is 0 Å². The smallest absolute Gasteiger partial charge is 0.134 e. The number of benzene rings is 2. The van der Waals surface area contributed by atoms with Gasteiger partial charge in [-0.15, -0.1) is 68.0 Å². The van der Waals surface area contributed by atoms with Crippen molar-refractivity contribution in [3.63, 3.8) is 0 Å². The largest absolute Gasteiger partial charge is 0.206 e. The summed E-state index contributed by atoms with van der Waals surface area (Å²) in [4.78, 5) is 13.8. The normalized spacial score (nSPS) is 12.4. The monoisotopic (exact) mass is 994 g/mol. The summed E-state index contributed by atoms with van der Waals surface area (Å²) in [6.07, 6.45) is 12.3. The predicted molar refractivity (Wildman–Crippen MR) is 277 cm³/mol. The summed E-state index contributed by atoms with van der Waals surface area (Å²) in [6, 6.07) is 25.1. The molecule has 0 radical (unpaired) electrons. The number of rotatable bonds is 16. The SMILES string of the molecule is CCCCCCc1ccc(-c2ccc(-c3cc(F)c(-c4cc5c(s4)-c4sc(-c6c(F)cc(-c7ccc(-c8ccc(CCCCCC)s8)s7)c7nsnc67)cc4[SiH2]5)c4nsnc34)s2)s1. The Morgan fingerprint density at radius 3 is 1.30 bits per heavy atom. The van der Waals surface area contributed by atoms with Crippen molar-refractivity contribution >= 4 is 133 Å². The third-order valence-electron chi connectivity index (χ3n) is 11.8. The average molecular weight is 995 g/mol. The van der Waals surface area contributed by atoms with E-state index in [9.17, 15) is 0 Å². The molecular formula is C48H40F2N4S8Si. The first kappa shape index (κ1) is 42.0. The Balaban J connectivity index is 0.855. The maximum Gasteiger partial charge on any atom is 0.134 e. The first-order valence-corrected chi connectivity index (χ1v) is 29.3. The molecule has 0 fully saturated rings. The number of nitrogens with zero attached hydrogens (tertiary/aromatic N) is 4. The number of hydrogen-bond acceptors (Lipinski definition) is 12. The van der Waals surface area contributed by atoms with Crippen molar-refractivity contribution in [3.05, 3.63) is 94.2 Å². The van der Waals surface area contributed by atoms with E-state index in [2.05, 4.69) is 83.3 Å². The van der Waals surface area contributed by atoms with E-state index in [1.807, 2.05) is 22.7 Å². The summed E-state index contributed by atoms with van der Waals surface area (Å²) in [5.41, 5.74) is 5.32. The van der Waals surface area contributed by atoms with E-state index >= 15 is 8.78 Å². The van der Waals surface area contributed by atoms with Gasteiger partial charge in [-0.1, -0.05) is 52.4 Å². The van der Waals surface area contributed by atoms with E-state index in [0.29, 0.717) is 22.2 Å². The molecule has 0 unspecified atom stereocenters. The van der Waals surface area contributed by atoms with Gasteiger partial charge in [0.2, 0.25) is 0 Å². The molecule has 15 heteroatoms. The van der Waals surface area contributed by atoms with Crippen molar-refractivity contribution in [1.29, 1.82) is 0 Å². The second-order valence-corrected chi connectivity index (χ2v) is 25.6. The van der Waals surface area contributed by atoms with E-state index in [1.54, 1.807) is 57.5 Å². The quantitative estimate of drug-likeness (QED) is 0.0715. The molecule has 10 aromatic rings. The van der Waals surface area contributed by atoms with Crippen molar-refractivity contribution in [3.8, 4) is 71.0 Å². The van der Waals surface area contributed by atoms with E-state index in [0.717, 1.165) is 78.0 Å². The van der Waals surface area contributed by atoms with E-state index in [1.165, 1.54) is 101 Å². The van der Waals surface area contributed by atoms with Crippen molar-refractivity contribution in [2.75, 3.05) is 0 Å². The number of aryl methyl sites for hydroxylation is 2. The van der Waals surface area contributed by atoms with Gasteiger partial charge >= 0.3 is 0 Å². The highest BCUT2D eigenvalue weighted by atomic mass is 32.1. The van der Waals surface area contributed by atoms with Crippen LogP contribution in [-0.4, -0.2) is 27.0 Å². The molecule has 318 valence electrons. The molecule has 0 atom stereocenters. The predicted octanol–water partition coefficient (Wildman–Crippen LogP) is 15.7. The lowest BCUT2D eigenvalue weighted by Gasteiger charge is -2.06. The fraction of sp³-hybridized carbons (Fsp3) is 0.250. The number of aromatic nitrogens is 4. The van der Waals surface area contributed by atoms with Gasteiger partial charge in [0.1, 0.15) is 33.7 Å². The third kappa shape index (κ3) is 7.98. The molecule has 0 saturated heterocycles. The molecule has 4 nitrogen and oxygen atoms in total. The molecule has 0 aliphatic carbocycles. The summed E-state index contributed by atoms with van der Waals surface area (Å²) in [6.45, 7) is 4.49. The summed E-state index contributed by atoms with van der Waals surface area (Å²) < 4.78 is 51.8. The van der Waals surface area contributed by atoms with Gasteiger partial charge in [-0.25, -0.2) is 8.78 Å². The minimum absolute atomic E-state index is 0.282. The van der Waals surface area contributed by atoms with Crippen molar-refractivity contribution < 1.29 is 8.78 Å². The molecule has 0 spiro atoms. The highest BCUT2D eigenvalue weighted by molar-refractivity contribution is 7.29. The third-order valence-corrected chi connectivity index (χ3v) is 22.7. The van der Waals surface area contributed by atoms with Gasteiger partial charge in [-0.3, -0.25) is 0 Å². The van der Waals surface area contributed by atoms with E-state index in [-0.39, 0.29) is 11.6 Å². The zero-order valence-corrected chi connectivity index (χ0v) is 42.5. The molecule has 1 aliphatic rings. The Morgan fingerprint density at radius 2 is 0.841 bits per heavy atom. The van der Waals surface area contributed by atoms with Gasteiger partial charge in [-0.05, 0) is 109 Å². The number of hydrogen-bond donors (Lipinski definition) is 0. The fourth-order valence-electron chi connectivity index (χ4n) is 8.59. The average Bonchev–Trinajstić information content (AvgIpc) is 4.13. The topological polar surface area (TPSA) is 51.6 Å². The van der Waals surface area contributed by atoms with Gasteiger partial charge in [0.25, 0.3) is 0 Å². The van der Waals surface area contributed by atoms with Gasteiger partial charge in [-0.2, -0.15) is 17.5 Å². The van der Waals surface area contributed by atoms with Crippen LogP contribution < -0.4 is 10.4 Å². The Labute approximate surface area is 399 Å². The Hall–Kier alpha value is -3.64. The van der Waals surface area contributed by atoms with Crippen LogP contribution in [0.2, 0.25) is 0 Å². The lowest BCUT2D eigenvalue weighted by molar-refractivity contribution is 0.633. The van der Waals surface area contributed by atoms with Gasteiger partial charge < -0.3 is 0 Å². The zero-order chi connectivity index (χ0) is 42.6. The lowest BCUT2D eigenvalue weighted by atomic mass is 10.0. The molecule has 63 heavy (non-hydrogen) atoms. The maximum absolute atomic E-state index is 16.5. The second-order valence-electron chi connectivity index (χ2n) is 16.1. The van der Waals surface area contributed by atoms with Crippen LogP contribution in [-0.2, 0) is 12.8 Å². The summed E-state index contributed by atoms with van der Waals surface area (Å²) in [5.74, 6) is -0.563. The van der Waals surface area contributed by atoms with Crippen LogP contribution in [0.5, 0.6) is 0 Å². The van der Waals surface area contributed by atoms with E-state index < -0.39 is 9.52 Å². The summed E-state index contributed by atoms with van der Waals surface area (Å²) in [5, 5.41) is 2.59. The molecule has 9 heterocycles. The highest BCUT2D eigenvalue weighted by Gasteiger charge is 2.30. The molecule has 0 saturated carbocycles. The van der Waals surface area contributed by atoms with Crippen LogP contribution in [0.1, 0.15) is 75.0 Å². The molecule has 2 aromatic carbocycles. The Bertz CT molecular complexity index is 3050. The highest BCUT2D eigenvalue weighted by Crippen LogP contribution is 2.48. The molecule has 0 amide bonds. The van der Waals surface area contributed by atoms with Crippen LogP contribution in [0.25, 0.3) is 93.1 Å². The van der Waals surface area contributed by atoms with Crippen LogP contribution in [0.4, 0.5) is 8.78 Å². The van der Waals surface area contributed by atoms with E-state index in [4.69, 9.17) is 8.75 Å². The molecule has 0 N–H and O–H groups in total. The van der Waals surface area contributed by atoms with Crippen LogP contribution >= 0.6 is 91.5 Å². The first-order chi connectivity index (χ1) is 30.9. The standard InChI is InChI=1S/C48H40F2N4S8Si/c1-3-5-7-9-11-25-13-15-33(55-25)35-19-17-31(57-35)27-21-29(49)41(45-43(27)51-61-53-45)37-23-39-47(59-37)48-40(63-39)24-38(60-48)42-30(50)22-28(44-46(42)54-62-52-44)32-18-20-36(58-32)34-16-14-26(56-34)12-10-8-6-4-2/h13-24H,3-12,63H2,1-2H3. The number of halogens is 2. The van der Waals surface area contributed by atoms with Crippen molar-refractivity contribution in [2.24, 2.45) is 0 Å². The van der Waals surface area contributed by atoms with Crippen LogP contribution in [0.15, 0.2) is 72.8 Å². The minimum Gasteiger partial charge on any atom is -0.206 e. The fourth-order valence-corrected chi connectivity index (χ4v) is 19.7. The number of unbranched alkanes of at least 4 members (excludes halogenated alkanes) is 6. The zero-order valence-electron chi connectivity index (χ0n) is 34.5. The van der Waals surface area contributed by atoms with Crippen molar-refractivity contribution in [2.45, 2.75) is 78.1 Å². The second kappa shape index (κ2) is 18.0. The Morgan fingerprint density at radius 1 is 0.429 bits per heavy atom. The minimum atomic E-state index is -0.872. The molecule has 1 aliphatic heterocycles. The van der Waals surface area contributed by atoms with Gasteiger partial charge in [0, 0.05) is 69.7 Å². The van der Waals surface area contributed by atoms with Crippen molar-refractivity contribution in [1.82, 2.24) is 17.5 Å². The Kier molecular flexibility index (Phi) is 12.0. The summed E-state index contributed by atoms with van der Waals surface area (Å²) in [7, 11) is -0.872. The van der Waals surface area contributed by atoms with Crippen LogP contribution in [0, 0.1) is 11.6 Å². The molecular weight excluding hydrogens is 955 g/mol. The molecule has 8 aromatic heterocycles. The van der Waals surface area contributed by atoms with Gasteiger partial charge in [0.05, 0.1) is 44.1 Å².